The van der Waals surface area contributed by atoms with Gasteiger partial charge >= 0.3 is 0 Å². The van der Waals surface area contributed by atoms with Gasteiger partial charge < -0.3 is 15.4 Å². The predicted octanol–water partition coefficient (Wildman–Crippen LogP) is 2.53. The molecule has 5 heteroatoms. The van der Waals surface area contributed by atoms with Crippen LogP contribution in [0.3, 0.4) is 0 Å². The molecule has 1 unspecified atom stereocenters. The summed E-state index contributed by atoms with van der Waals surface area (Å²) in [6.45, 7) is 5.09. The molecule has 0 radical (unpaired) electrons. The second-order valence-electron chi connectivity index (χ2n) is 4.32. The summed E-state index contributed by atoms with van der Waals surface area (Å²) in [5.74, 6) is 0.527. The van der Waals surface area contributed by atoms with Crippen LogP contribution in [0.4, 0.5) is 0 Å². The highest BCUT2D eigenvalue weighted by atomic mass is 35.5. The van der Waals surface area contributed by atoms with E-state index < -0.39 is 0 Å². The normalized spacial score (nSPS) is 12.0. The first-order chi connectivity index (χ1) is 9.08. The van der Waals surface area contributed by atoms with Crippen molar-refractivity contribution in [2.45, 2.75) is 26.3 Å². The van der Waals surface area contributed by atoms with Crippen LogP contribution >= 0.6 is 11.6 Å². The minimum Gasteiger partial charge on any atom is -0.483 e. The van der Waals surface area contributed by atoms with Crippen molar-refractivity contribution in [3.8, 4) is 5.75 Å². The van der Waals surface area contributed by atoms with E-state index in [1.807, 2.05) is 13.0 Å². The molecule has 1 aromatic carbocycles. The van der Waals surface area contributed by atoms with Crippen LogP contribution in [0.25, 0.3) is 0 Å². The number of halogens is 1. The first kappa shape index (κ1) is 15.8. The lowest BCUT2D eigenvalue weighted by Crippen LogP contribution is -2.26. The number of benzene rings is 1. The molecule has 0 fully saturated rings. The maximum Gasteiger partial charge on any atom is 0.257 e. The number of amides is 1. The second-order valence-corrected chi connectivity index (χ2v) is 4.76. The fraction of sp³-hybridized carbons (Fsp3) is 0.500. The topological polar surface area (TPSA) is 50.4 Å². The summed E-state index contributed by atoms with van der Waals surface area (Å²) >= 11 is 6.02. The van der Waals surface area contributed by atoms with Gasteiger partial charge in [0.1, 0.15) is 5.75 Å². The van der Waals surface area contributed by atoms with Crippen LogP contribution in [0.15, 0.2) is 18.2 Å². The van der Waals surface area contributed by atoms with Crippen LogP contribution in [-0.2, 0) is 4.79 Å². The van der Waals surface area contributed by atoms with E-state index in [0.29, 0.717) is 10.8 Å². The average molecular weight is 285 g/mol. The minimum atomic E-state index is -0.157. The van der Waals surface area contributed by atoms with Gasteiger partial charge in [0.2, 0.25) is 0 Å². The van der Waals surface area contributed by atoms with E-state index in [9.17, 15) is 4.79 Å². The van der Waals surface area contributed by atoms with Crippen molar-refractivity contribution in [3.05, 3.63) is 28.8 Å². The highest BCUT2D eigenvalue weighted by molar-refractivity contribution is 6.30. The van der Waals surface area contributed by atoms with Gasteiger partial charge in [0.15, 0.2) is 6.61 Å². The lowest BCUT2D eigenvalue weighted by molar-refractivity contribution is -0.122. The summed E-state index contributed by atoms with van der Waals surface area (Å²) in [6, 6.07) is 5.55. The molecule has 4 nitrogen and oxygen atoms in total. The third-order valence-electron chi connectivity index (χ3n) is 2.78. The first-order valence-electron chi connectivity index (χ1n) is 6.44. The summed E-state index contributed by atoms with van der Waals surface area (Å²) in [7, 11) is 1.58. The molecule has 1 atom stereocenters. The molecule has 106 valence electrons. The third kappa shape index (κ3) is 5.09. The SMILES string of the molecule is CCCNC(C)c1cc(Cl)ccc1OCC(=O)NC. The zero-order chi connectivity index (χ0) is 14.3. The Kier molecular flexibility index (Phi) is 6.67. The first-order valence-corrected chi connectivity index (χ1v) is 6.82. The van der Waals surface area contributed by atoms with E-state index in [0.717, 1.165) is 18.5 Å². The lowest BCUT2D eigenvalue weighted by atomic mass is 10.1. The third-order valence-corrected chi connectivity index (χ3v) is 3.01. The monoisotopic (exact) mass is 284 g/mol. The molecule has 1 rings (SSSR count). The predicted molar refractivity (Wildman–Crippen MR) is 77.7 cm³/mol. The Morgan fingerprint density at radius 1 is 1.47 bits per heavy atom. The fourth-order valence-corrected chi connectivity index (χ4v) is 1.86. The van der Waals surface area contributed by atoms with Crippen molar-refractivity contribution in [3.63, 3.8) is 0 Å². The average Bonchev–Trinajstić information content (AvgIpc) is 2.42. The van der Waals surface area contributed by atoms with Crippen LogP contribution in [0, 0.1) is 0 Å². The van der Waals surface area contributed by atoms with E-state index in [1.165, 1.54) is 0 Å². The molecule has 0 aliphatic carbocycles. The second kappa shape index (κ2) is 8.02. The molecule has 0 saturated carbocycles. The van der Waals surface area contributed by atoms with Crippen molar-refractivity contribution >= 4 is 17.5 Å². The van der Waals surface area contributed by atoms with Crippen molar-refractivity contribution in [1.82, 2.24) is 10.6 Å². The minimum absolute atomic E-state index is 0.00559. The zero-order valence-electron chi connectivity index (χ0n) is 11.6. The molecule has 0 spiro atoms. The number of ether oxygens (including phenoxy) is 1. The Balaban J connectivity index is 2.81. The number of likely N-dealkylation sites (N-methyl/N-ethyl adjacent to an activating group) is 1. The van der Waals surface area contributed by atoms with Crippen LogP contribution in [0.2, 0.25) is 5.02 Å². The van der Waals surface area contributed by atoms with Gasteiger partial charge in [-0.3, -0.25) is 4.79 Å². The number of nitrogens with one attached hydrogen (secondary N) is 2. The van der Waals surface area contributed by atoms with Crippen LogP contribution in [0.1, 0.15) is 31.9 Å². The summed E-state index contributed by atoms with van der Waals surface area (Å²) in [4.78, 5) is 11.2. The maximum absolute atomic E-state index is 11.2. The maximum atomic E-state index is 11.2. The van der Waals surface area contributed by atoms with Crippen LogP contribution in [0.5, 0.6) is 5.75 Å². The van der Waals surface area contributed by atoms with Crippen LogP contribution in [-0.4, -0.2) is 26.1 Å². The van der Waals surface area contributed by atoms with Gasteiger partial charge in [0.25, 0.3) is 5.91 Å². The summed E-state index contributed by atoms with van der Waals surface area (Å²) in [5, 5.41) is 6.56. The van der Waals surface area contributed by atoms with E-state index in [1.54, 1.807) is 19.2 Å². The van der Waals surface area contributed by atoms with Gasteiger partial charge in [-0.05, 0) is 38.1 Å². The number of hydrogen-bond donors (Lipinski definition) is 2. The molecular formula is C14H21ClN2O2. The summed E-state index contributed by atoms with van der Waals surface area (Å²) in [5.41, 5.74) is 0.963. The van der Waals surface area contributed by atoms with Gasteiger partial charge in [-0.25, -0.2) is 0 Å². The molecule has 0 aliphatic rings. The summed E-state index contributed by atoms with van der Waals surface area (Å²) in [6.07, 6.45) is 1.05. The van der Waals surface area contributed by atoms with Crippen molar-refractivity contribution in [2.24, 2.45) is 0 Å². The van der Waals surface area contributed by atoms with Crippen molar-refractivity contribution < 1.29 is 9.53 Å². The molecule has 0 heterocycles. The molecule has 0 aliphatic heterocycles. The number of carbonyl (C=O) groups excluding carboxylic acids is 1. The highest BCUT2D eigenvalue weighted by Crippen LogP contribution is 2.28. The zero-order valence-corrected chi connectivity index (χ0v) is 12.4. The number of rotatable bonds is 7. The van der Waals surface area contributed by atoms with Gasteiger partial charge in [-0.1, -0.05) is 18.5 Å². The molecule has 2 N–H and O–H groups in total. The van der Waals surface area contributed by atoms with E-state index in [4.69, 9.17) is 16.3 Å². The molecule has 0 saturated heterocycles. The molecule has 0 bridgehead atoms. The highest BCUT2D eigenvalue weighted by Gasteiger charge is 2.12. The molecule has 1 aromatic rings. The standard InChI is InChI=1S/C14H21ClN2O2/c1-4-7-17-10(2)12-8-11(15)5-6-13(12)19-9-14(18)16-3/h5-6,8,10,17H,4,7,9H2,1-3H3,(H,16,18). The lowest BCUT2D eigenvalue weighted by Gasteiger charge is -2.18. The Morgan fingerprint density at radius 2 is 2.21 bits per heavy atom. The van der Waals surface area contributed by atoms with E-state index in [-0.39, 0.29) is 18.6 Å². The molecule has 1 amide bonds. The number of carbonyl (C=O) groups is 1. The van der Waals surface area contributed by atoms with Gasteiger partial charge in [-0.15, -0.1) is 0 Å². The quantitative estimate of drug-likeness (QED) is 0.809. The Labute approximate surface area is 119 Å². The van der Waals surface area contributed by atoms with Gasteiger partial charge in [0, 0.05) is 23.7 Å². The fourth-order valence-electron chi connectivity index (χ4n) is 1.68. The Morgan fingerprint density at radius 3 is 2.84 bits per heavy atom. The van der Waals surface area contributed by atoms with Crippen LogP contribution < -0.4 is 15.4 Å². The summed E-state index contributed by atoms with van der Waals surface area (Å²) < 4.78 is 5.54. The smallest absolute Gasteiger partial charge is 0.257 e. The number of hydrogen-bond acceptors (Lipinski definition) is 3. The Hall–Kier alpha value is -1.26. The van der Waals surface area contributed by atoms with E-state index >= 15 is 0 Å². The largest absolute Gasteiger partial charge is 0.483 e. The molecular weight excluding hydrogens is 264 g/mol. The van der Waals surface area contributed by atoms with Gasteiger partial charge in [0.05, 0.1) is 0 Å². The molecule has 19 heavy (non-hydrogen) atoms. The Bertz CT molecular complexity index is 424. The van der Waals surface area contributed by atoms with Crippen molar-refractivity contribution in [2.75, 3.05) is 20.2 Å². The van der Waals surface area contributed by atoms with E-state index in [2.05, 4.69) is 17.6 Å². The molecule has 0 aromatic heterocycles. The van der Waals surface area contributed by atoms with Crippen molar-refractivity contribution in [1.29, 1.82) is 0 Å². The van der Waals surface area contributed by atoms with Gasteiger partial charge in [-0.2, -0.15) is 0 Å².